The van der Waals surface area contributed by atoms with Gasteiger partial charge in [0.1, 0.15) is 24.3 Å². The Labute approximate surface area is 97.9 Å². The predicted octanol–water partition coefficient (Wildman–Crippen LogP) is 1.18. The van der Waals surface area contributed by atoms with Gasteiger partial charge in [-0.2, -0.15) is 0 Å². The van der Waals surface area contributed by atoms with Gasteiger partial charge in [-0.15, -0.1) is 0 Å². The van der Waals surface area contributed by atoms with Gasteiger partial charge in [-0.3, -0.25) is 0 Å². The first-order valence-corrected chi connectivity index (χ1v) is 5.01. The molecular weight excluding hydrogens is 229 g/mol. The largest absolute Gasteiger partial charge is 0.489 e. The molecule has 1 atom stereocenters. The van der Waals surface area contributed by atoms with Crippen molar-refractivity contribution < 1.29 is 23.8 Å². The number of halogens is 1. The Balaban J connectivity index is 2.59. The second-order valence-electron chi connectivity index (χ2n) is 3.47. The third-order valence-electron chi connectivity index (χ3n) is 1.98. The van der Waals surface area contributed by atoms with Crippen molar-refractivity contribution in [2.24, 2.45) is 5.73 Å². The van der Waals surface area contributed by atoms with Crippen molar-refractivity contribution in [1.82, 2.24) is 0 Å². The fourth-order valence-electron chi connectivity index (χ4n) is 1.25. The van der Waals surface area contributed by atoms with E-state index in [1.165, 1.54) is 18.2 Å². The van der Waals surface area contributed by atoms with Crippen LogP contribution in [0.2, 0.25) is 0 Å². The van der Waals surface area contributed by atoms with Gasteiger partial charge in [0, 0.05) is 5.56 Å². The van der Waals surface area contributed by atoms with Crippen molar-refractivity contribution in [2.75, 3.05) is 6.61 Å². The summed E-state index contributed by atoms with van der Waals surface area (Å²) < 4.78 is 22.8. The van der Waals surface area contributed by atoms with E-state index in [4.69, 9.17) is 15.6 Å². The van der Waals surface area contributed by atoms with Crippen LogP contribution in [-0.4, -0.2) is 23.9 Å². The van der Waals surface area contributed by atoms with Crippen LogP contribution in [0.3, 0.4) is 0 Å². The molecule has 94 valence electrons. The fraction of sp³-hybridized carbons (Fsp3) is 0.364. The average Bonchev–Trinajstić information content (AvgIpc) is 2.26. The van der Waals surface area contributed by atoms with Gasteiger partial charge in [0.15, 0.2) is 0 Å². The van der Waals surface area contributed by atoms with E-state index < -0.39 is 18.0 Å². The molecule has 1 unspecified atom stereocenters. The first-order chi connectivity index (χ1) is 8.02. The molecule has 0 heterocycles. The lowest BCUT2D eigenvalue weighted by Gasteiger charge is -2.14. The minimum atomic E-state index is -0.886. The minimum absolute atomic E-state index is 0.0710. The zero-order chi connectivity index (χ0) is 12.8. The normalized spacial score (nSPS) is 11.9. The predicted molar refractivity (Wildman–Crippen MR) is 57.9 cm³/mol. The van der Waals surface area contributed by atoms with Crippen molar-refractivity contribution in [1.29, 1.82) is 0 Å². The van der Waals surface area contributed by atoms with Gasteiger partial charge in [-0.25, -0.2) is 9.18 Å². The van der Waals surface area contributed by atoms with E-state index in [0.29, 0.717) is 11.3 Å². The zero-order valence-electron chi connectivity index (χ0n) is 9.35. The van der Waals surface area contributed by atoms with E-state index in [-0.39, 0.29) is 13.2 Å². The Bertz CT molecular complexity index is 397. The maximum atomic E-state index is 12.9. The zero-order valence-corrected chi connectivity index (χ0v) is 9.35. The summed E-state index contributed by atoms with van der Waals surface area (Å²) in [6.45, 7) is 1.34. The molecule has 0 aliphatic carbocycles. The van der Waals surface area contributed by atoms with Gasteiger partial charge in [0.25, 0.3) is 0 Å². The Morgan fingerprint density at radius 3 is 2.88 bits per heavy atom. The SMILES string of the molecule is CC(COc1ccc(F)cc1CO)OC(N)=O. The number of amides is 1. The molecule has 0 radical (unpaired) electrons. The van der Waals surface area contributed by atoms with Crippen LogP contribution in [-0.2, 0) is 11.3 Å². The van der Waals surface area contributed by atoms with E-state index in [1.807, 2.05) is 0 Å². The molecule has 5 nitrogen and oxygen atoms in total. The summed E-state index contributed by atoms with van der Waals surface area (Å²) in [5, 5.41) is 9.00. The number of rotatable bonds is 5. The summed E-state index contributed by atoms with van der Waals surface area (Å²) in [7, 11) is 0. The number of carbonyl (C=O) groups excluding carboxylic acids is 1. The van der Waals surface area contributed by atoms with E-state index in [2.05, 4.69) is 4.74 Å². The lowest BCUT2D eigenvalue weighted by atomic mass is 10.2. The van der Waals surface area contributed by atoms with Gasteiger partial charge >= 0.3 is 6.09 Å². The summed E-state index contributed by atoms with van der Waals surface area (Å²) in [6.07, 6.45) is -1.41. The van der Waals surface area contributed by atoms with Crippen LogP contribution in [0.5, 0.6) is 5.75 Å². The molecule has 3 N–H and O–H groups in total. The van der Waals surface area contributed by atoms with Gasteiger partial charge in [0.2, 0.25) is 0 Å². The molecule has 0 saturated carbocycles. The smallest absolute Gasteiger partial charge is 0.404 e. The second kappa shape index (κ2) is 6.05. The molecule has 1 amide bonds. The maximum Gasteiger partial charge on any atom is 0.404 e. The third-order valence-corrected chi connectivity index (χ3v) is 1.98. The molecular formula is C11H14FNO4. The van der Waals surface area contributed by atoms with Gasteiger partial charge in [0.05, 0.1) is 6.61 Å². The summed E-state index contributed by atoms with van der Waals surface area (Å²) in [5.74, 6) is -0.114. The molecule has 0 aromatic heterocycles. The van der Waals surface area contributed by atoms with Gasteiger partial charge in [-0.1, -0.05) is 0 Å². The molecule has 0 spiro atoms. The third kappa shape index (κ3) is 4.28. The second-order valence-corrected chi connectivity index (χ2v) is 3.47. The van der Waals surface area contributed by atoms with Crippen LogP contribution >= 0.6 is 0 Å². The quantitative estimate of drug-likeness (QED) is 0.813. The lowest BCUT2D eigenvalue weighted by Crippen LogP contribution is -2.25. The first kappa shape index (κ1) is 13.2. The van der Waals surface area contributed by atoms with E-state index in [0.717, 1.165) is 0 Å². The number of carbonyl (C=O) groups is 1. The number of hydrogen-bond acceptors (Lipinski definition) is 4. The maximum absolute atomic E-state index is 12.9. The monoisotopic (exact) mass is 243 g/mol. The van der Waals surface area contributed by atoms with Crippen LogP contribution in [0.25, 0.3) is 0 Å². The summed E-state index contributed by atoms with van der Waals surface area (Å²) >= 11 is 0. The summed E-state index contributed by atoms with van der Waals surface area (Å²) in [6, 6.07) is 3.79. The Morgan fingerprint density at radius 2 is 2.29 bits per heavy atom. The van der Waals surface area contributed by atoms with Crippen molar-refractivity contribution in [3.8, 4) is 5.75 Å². The molecule has 0 aliphatic rings. The molecule has 0 fully saturated rings. The van der Waals surface area contributed by atoms with Crippen LogP contribution < -0.4 is 10.5 Å². The highest BCUT2D eigenvalue weighted by molar-refractivity contribution is 5.64. The molecule has 1 aromatic rings. The number of benzene rings is 1. The van der Waals surface area contributed by atoms with Crippen molar-refractivity contribution in [3.05, 3.63) is 29.6 Å². The number of hydrogen-bond donors (Lipinski definition) is 2. The minimum Gasteiger partial charge on any atom is -0.489 e. The molecule has 6 heteroatoms. The standard InChI is InChI=1S/C11H14FNO4/c1-7(17-11(13)15)6-16-10-3-2-9(12)4-8(10)5-14/h2-4,7,14H,5-6H2,1H3,(H2,13,15). The van der Waals surface area contributed by atoms with Crippen molar-refractivity contribution >= 4 is 6.09 Å². The molecule has 0 bridgehead atoms. The number of nitrogens with two attached hydrogens (primary N) is 1. The number of primary amides is 1. The highest BCUT2D eigenvalue weighted by atomic mass is 19.1. The van der Waals surface area contributed by atoms with Crippen LogP contribution in [0, 0.1) is 5.82 Å². The fourth-order valence-corrected chi connectivity index (χ4v) is 1.25. The molecule has 0 saturated heterocycles. The van der Waals surface area contributed by atoms with E-state index in [1.54, 1.807) is 6.92 Å². The van der Waals surface area contributed by atoms with Gasteiger partial charge < -0.3 is 20.3 Å². The highest BCUT2D eigenvalue weighted by Crippen LogP contribution is 2.19. The molecule has 17 heavy (non-hydrogen) atoms. The van der Waals surface area contributed by atoms with E-state index >= 15 is 0 Å². The molecule has 0 aliphatic heterocycles. The summed E-state index contributed by atoms with van der Waals surface area (Å²) in [4.78, 5) is 10.4. The Kier molecular flexibility index (Phi) is 4.71. The molecule has 1 aromatic carbocycles. The van der Waals surface area contributed by atoms with Crippen molar-refractivity contribution in [3.63, 3.8) is 0 Å². The van der Waals surface area contributed by atoms with Crippen LogP contribution in [0.1, 0.15) is 12.5 Å². The Hall–Kier alpha value is -1.82. The average molecular weight is 243 g/mol. The highest BCUT2D eigenvalue weighted by Gasteiger charge is 2.09. The Morgan fingerprint density at radius 1 is 1.59 bits per heavy atom. The van der Waals surface area contributed by atoms with Gasteiger partial charge in [-0.05, 0) is 25.1 Å². The first-order valence-electron chi connectivity index (χ1n) is 5.01. The number of aliphatic hydroxyl groups excluding tert-OH is 1. The van der Waals surface area contributed by atoms with Crippen molar-refractivity contribution in [2.45, 2.75) is 19.6 Å². The number of ether oxygens (including phenoxy) is 2. The van der Waals surface area contributed by atoms with E-state index in [9.17, 15) is 9.18 Å². The number of aliphatic hydroxyl groups is 1. The summed E-state index contributed by atoms with van der Waals surface area (Å²) in [5.41, 5.74) is 5.16. The van der Waals surface area contributed by atoms with Crippen LogP contribution in [0.15, 0.2) is 18.2 Å². The van der Waals surface area contributed by atoms with Crippen LogP contribution in [0.4, 0.5) is 9.18 Å². The lowest BCUT2D eigenvalue weighted by molar-refractivity contribution is 0.0814. The topological polar surface area (TPSA) is 81.8 Å². The molecule has 1 rings (SSSR count).